The summed E-state index contributed by atoms with van der Waals surface area (Å²) in [4.78, 5) is 13.7. The van der Waals surface area contributed by atoms with E-state index in [2.05, 4.69) is 0 Å². The van der Waals surface area contributed by atoms with Crippen LogP contribution in [-0.2, 0) is 17.8 Å². The van der Waals surface area contributed by atoms with Gasteiger partial charge >= 0.3 is 0 Å². The fourth-order valence-electron chi connectivity index (χ4n) is 4.87. The molecule has 7 nitrogen and oxygen atoms in total. The molecule has 1 N–H and O–H groups in total. The number of rotatable bonds is 1. The molecule has 138 valence electrons. The Morgan fingerprint density at radius 1 is 1.00 bits per heavy atom. The first kappa shape index (κ1) is 15.2. The summed E-state index contributed by atoms with van der Waals surface area (Å²) in [6, 6.07) is 7.49. The van der Waals surface area contributed by atoms with E-state index in [4.69, 9.17) is 18.9 Å². The van der Waals surface area contributed by atoms with Crippen LogP contribution >= 0.6 is 0 Å². The fraction of sp³-hybridized carbons (Fsp3) is 0.350. The number of hydrogen-bond acceptors (Lipinski definition) is 6. The average molecular weight is 367 g/mol. The van der Waals surface area contributed by atoms with Crippen LogP contribution < -0.4 is 18.9 Å². The molecule has 0 fully saturated rings. The molecular weight excluding hydrogens is 350 g/mol. The van der Waals surface area contributed by atoms with Gasteiger partial charge in [-0.3, -0.25) is 4.79 Å². The fourth-order valence-corrected chi connectivity index (χ4v) is 4.87. The number of fused-ring (bicyclic) bond motifs is 8. The van der Waals surface area contributed by atoms with E-state index in [1.165, 1.54) is 0 Å². The first-order valence-corrected chi connectivity index (χ1v) is 8.97. The molecule has 0 bridgehead atoms. The molecule has 6 rings (SSSR count). The van der Waals surface area contributed by atoms with Crippen LogP contribution in [0.25, 0.3) is 0 Å². The van der Waals surface area contributed by atoms with E-state index in [0.29, 0.717) is 36.0 Å². The predicted octanol–water partition coefficient (Wildman–Crippen LogP) is 1.86. The molecule has 4 aliphatic rings. The molecule has 7 heteroatoms. The van der Waals surface area contributed by atoms with Crippen LogP contribution in [0.3, 0.4) is 0 Å². The van der Waals surface area contributed by atoms with Crippen LogP contribution in [0.15, 0.2) is 24.3 Å². The van der Waals surface area contributed by atoms with Gasteiger partial charge in [0, 0.05) is 11.5 Å². The summed E-state index contributed by atoms with van der Waals surface area (Å²) in [7, 11) is 0. The number of ether oxygens (including phenoxy) is 4. The van der Waals surface area contributed by atoms with Crippen molar-refractivity contribution in [1.82, 2.24) is 4.90 Å². The normalized spacial score (nSPS) is 26.3. The zero-order chi connectivity index (χ0) is 18.1. The highest BCUT2D eigenvalue weighted by Gasteiger charge is 2.46. The van der Waals surface area contributed by atoms with Gasteiger partial charge in [0.2, 0.25) is 20.0 Å². The highest BCUT2D eigenvalue weighted by molar-refractivity contribution is 5.62. The van der Waals surface area contributed by atoms with Crippen molar-refractivity contribution in [1.29, 1.82) is 0 Å². The van der Waals surface area contributed by atoms with Crippen molar-refractivity contribution < 1.29 is 28.8 Å². The minimum Gasteiger partial charge on any atom is -0.454 e. The van der Waals surface area contributed by atoms with E-state index < -0.39 is 6.10 Å². The summed E-state index contributed by atoms with van der Waals surface area (Å²) >= 11 is 0. The lowest BCUT2D eigenvalue weighted by molar-refractivity contribution is -0.123. The Labute approximate surface area is 155 Å². The van der Waals surface area contributed by atoms with Gasteiger partial charge in [0.05, 0.1) is 18.7 Å². The van der Waals surface area contributed by atoms with E-state index in [1.54, 1.807) is 4.90 Å². The number of carbonyl (C=O) groups is 1. The van der Waals surface area contributed by atoms with E-state index in [1.807, 2.05) is 24.3 Å². The molecule has 2 aromatic carbocycles. The number of carbonyl (C=O) groups excluding carboxylic acids is 1. The van der Waals surface area contributed by atoms with Crippen LogP contribution in [0.1, 0.15) is 34.2 Å². The van der Waals surface area contributed by atoms with Gasteiger partial charge in [-0.25, -0.2) is 0 Å². The lowest BCUT2D eigenvalue weighted by atomic mass is 9.70. The maximum absolute atomic E-state index is 12.0. The third kappa shape index (κ3) is 1.97. The number of hydrogen-bond donors (Lipinski definition) is 1. The van der Waals surface area contributed by atoms with Gasteiger partial charge in [-0.1, -0.05) is 6.07 Å². The van der Waals surface area contributed by atoms with Gasteiger partial charge in [0.1, 0.15) is 0 Å². The van der Waals surface area contributed by atoms with E-state index in [0.717, 1.165) is 28.7 Å². The van der Waals surface area contributed by atoms with Crippen LogP contribution in [0.5, 0.6) is 23.0 Å². The van der Waals surface area contributed by atoms with Crippen molar-refractivity contribution in [3.63, 3.8) is 0 Å². The smallest absolute Gasteiger partial charge is 0.231 e. The second kappa shape index (κ2) is 5.29. The first-order valence-electron chi connectivity index (χ1n) is 8.97. The van der Waals surface area contributed by atoms with Crippen LogP contribution in [0, 0.1) is 0 Å². The molecule has 0 radical (unpaired) electrons. The number of aliphatic hydroxyl groups excluding tert-OH is 1. The molecule has 0 aromatic heterocycles. The molecule has 3 atom stereocenters. The topological polar surface area (TPSA) is 77.5 Å². The van der Waals surface area contributed by atoms with Crippen LogP contribution in [-0.4, -0.2) is 36.1 Å². The minimum absolute atomic E-state index is 0.176. The predicted molar refractivity (Wildman–Crippen MR) is 91.9 cm³/mol. The first-order chi connectivity index (χ1) is 13.2. The Kier molecular flexibility index (Phi) is 2.97. The van der Waals surface area contributed by atoms with Gasteiger partial charge in [-0.15, -0.1) is 0 Å². The molecule has 3 aliphatic heterocycles. The zero-order valence-electron chi connectivity index (χ0n) is 14.4. The lowest BCUT2D eigenvalue weighted by Gasteiger charge is -2.46. The third-order valence-corrected chi connectivity index (χ3v) is 6.01. The van der Waals surface area contributed by atoms with Gasteiger partial charge in [0.25, 0.3) is 0 Å². The van der Waals surface area contributed by atoms with E-state index in [9.17, 15) is 9.90 Å². The third-order valence-electron chi connectivity index (χ3n) is 6.01. The maximum atomic E-state index is 12.0. The molecule has 2 aromatic rings. The molecule has 3 heterocycles. The van der Waals surface area contributed by atoms with Crippen molar-refractivity contribution >= 4 is 6.41 Å². The van der Waals surface area contributed by atoms with Crippen molar-refractivity contribution in [2.45, 2.75) is 31.0 Å². The van der Waals surface area contributed by atoms with Gasteiger partial charge in [0.15, 0.2) is 23.0 Å². The Balaban J connectivity index is 1.55. The Hall–Kier alpha value is -2.93. The molecule has 27 heavy (non-hydrogen) atoms. The number of amides is 1. The summed E-state index contributed by atoms with van der Waals surface area (Å²) in [5.41, 5.74) is 3.92. The SMILES string of the molecule is O=CN1Cc2c(ccc3c2OCO3)C2C(O)Cc3cc4c(cc3C21)OCO4. The average Bonchev–Trinajstić information content (AvgIpc) is 3.34. The monoisotopic (exact) mass is 367 g/mol. The van der Waals surface area contributed by atoms with Crippen LogP contribution in [0.2, 0.25) is 0 Å². The van der Waals surface area contributed by atoms with Crippen molar-refractivity contribution in [3.8, 4) is 23.0 Å². The van der Waals surface area contributed by atoms with Gasteiger partial charge in [-0.05, 0) is 41.3 Å². The number of aliphatic hydroxyl groups is 1. The zero-order valence-corrected chi connectivity index (χ0v) is 14.4. The highest BCUT2D eigenvalue weighted by atomic mass is 16.7. The molecule has 3 unspecified atom stereocenters. The van der Waals surface area contributed by atoms with Crippen LogP contribution in [0.4, 0.5) is 0 Å². The summed E-state index contributed by atoms with van der Waals surface area (Å²) in [6.07, 6.45) is 0.723. The summed E-state index contributed by atoms with van der Waals surface area (Å²) in [5.74, 6) is 2.51. The Morgan fingerprint density at radius 3 is 2.63 bits per heavy atom. The quantitative estimate of drug-likeness (QED) is 0.776. The summed E-state index contributed by atoms with van der Waals surface area (Å²) in [5, 5.41) is 11.0. The number of nitrogens with zero attached hydrogens (tertiary/aromatic N) is 1. The Morgan fingerprint density at radius 2 is 1.78 bits per heavy atom. The van der Waals surface area contributed by atoms with Crippen molar-refractivity contribution in [2.24, 2.45) is 0 Å². The molecule has 1 aliphatic carbocycles. The minimum atomic E-state index is -0.621. The van der Waals surface area contributed by atoms with Crippen molar-refractivity contribution in [3.05, 3.63) is 46.5 Å². The number of benzene rings is 2. The molecule has 0 spiro atoms. The lowest BCUT2D eigenvalue weighted by Crippen LogP contribution is -2.44. The second-order valence-corrected chi connectivity index (χ2v) is 7.29. The highest BCUT2D eigenvalue weighted by Crippen LogP contribution is 2.54. The van der Waals surface area contributed by atoms with Gasteiger partial charge in [-0.2, -0.15) is 0 Å². The van der Waals surface area contributed by atoms with E-state index >= 15 is 0 Å². The second-order valence-electron chi connectivity index (χ2n) is 7.29. The Bertz CT molecular complexity index is 973. The molecule has 0 saturated heterocycles. The molecular formula is C20H17NO6. The maximum Gasteiger partial charge on any atom is 0.231 e. The largest absolute Gasteiger partial charge is 0.454 e. The molecule has 0 saturated carbocycles. The van der Waals surface area contributed by atoms with E-state index in [-0.39, 0.29) is 25.5 Å². The summed E-state index contributed by atoms with van der Waals surface area (Å²) < 4.78 is 22.2. The molecule has 1 amide bonds. The summed E-state index contributed by atoms with van der Waals surface area (Å²) in [6.45, 7) is 0.779. The van der Waals surface area contributed by atoms with Gasteiger partial charge < -0.3 is 29.0 Å². The standard InChI is InChI=1S/C20H17NO6/c22-7-21-6-13-11(1-2-15-20(13)27-9-24-15)18-14(23)3-10-4-16-17(26-8-25-16)5-12(10)19(18)21/h1-2,4-5,7,14,18-19,23H,3,6,8-9H2. The van der Waals surface area contributed by atoms with Crippen molar-refractivity contribution in [2.75, 3.05) is 13.6 Å².